The highest BCUT2D eigenvalue weighted by Crippen LogP contribution is 2.23. The van der Waals surface area contributed by atoms with Crippen LogP contribution in [-0.2, 0) is 10.5 Å². The summed E-state index contributed by atoms with van der Waals surface area (Å²) in [7, 11) is 0. The van der Waals surface area contributed by atoms with Gasteiger partial charge in [0.2, 0.25) is 17.0 Å². The third-order valence-corrected chi connectivity index (χ3v) is 6.52. The van der Waals surface area contributed by atoms with Gasteiger partial charge in [-0.25, -0.2) is 5.10 Å². The van der Waals surface area contributed by atoms with Gasteiger partial charge in [0.05, 0.1) is 23.0 Å². The molecular formula is C25H21Cl2N5O2S. The monoisotopic (exact) mass is 525 g/mol. The molecule has 0 spiro atoms. The second-order valence-corrected chi connectivity index (χ2v) is 9.34. The Morgan fingerprint density at radius 1 is 0.943 bits per heavy atom. The van der Waals surface area contributed by atoms with Crippen LogP contribution >= 0.6 is 35.0 Å². The van der Waals surface area contributed by atoms with Gasteiger partial charge in [0, 0.05) is 10.8 Å². The number of amides is 2. The largest absolute Gasteiger partial charge is 0.345 e. The van der Waals surface area contributed by atoms with Crippen LogP contribution < -0.4 is 10.6 Å². The Balaban J connectivity index is 1.38. The lowest BCUT2D eigenvalue weighted by Gasteiger charge is -2.19. The first-order valence-electron chi connectivity index (χ1n) is 10.7. The van der Waals surface area contributed by atoms with Crippen LogP contribution in [0.3, 0.4) is 0 Å². The minimum atomic E-state index is -0.568. The van der Waals surface area contributed by atoms with E-state index in [9.17, 15) is 9.59 Å². The number of hydrogen-bond acceptors (Lipinski definition) is 5. The molecule has 10 heteroatoms. The summed E-state index contributed by atoms with van der Waals surface area (Å²) in [5.74, 6) is 0.200. The highest BCUT2D eigenvalue weighted by atomic mass is 35.5. The predicted octanol–water partition coefficient (Wildman–Crippen LogP) is 5.90. The van der Waals surface area contributed by atoms with E-state index in [0.29, 0.717) is 26.5 Å². The Bertz CT molecular complexity index is 1300. The van der Waals surface area contributed by atoms with E-state index < -0.39 is 6.04 Å². The number of thioether (sulfide) groups is 1. The van der Waals surface area contributed by atoms with Crippen LogP contribution in [-0.4, -0.2) is 27.0 Å². The molecule has 178 valence electrons. The number of carbonyl (C=O) groups is 2. The zero-order chi connectivity index (χ0) is 24.6. The molecule has 1 atom stereocenters. The Labute approximate surface area is 216 Å². The van der Waals surface area contributed by atoms with E-state index in [1.807, 2.05) is 54.6 Å². The first-order chi connectivity index (χ1) is 17.0. The number of carbonyl (C=O) groups excluding carboxylic acids is 2. The Morgan fingerprint density at radius 2 is 1.66 bits per heavy atom. The maximum Gasteiger partial charge on any atom is 0.253 e. The van der Waals surface area contributed by atoms with Gasteiger partial charge in [-0.2, -0.15) is 4.98 Å². The van der Waals surface area contributed by atoms with E-state index in [2.05, 4.69) is 25.8 Å². The lowest BCUT2D eigenvalue weighted by molar-refractivity contribution is -0.116. The van der Waals surface area contributed by atoms with Crippen LogP contribution in [0.5, 0.6) is 0 Å². The summed E-state index contributed by atoms with van der Waals surface area (Å²) < 4.78 is 0. The molecular weight excluding hydrogens is 505 g/mol. The number of nitrogens with one attached hydrogen (secondary N) is 3. The van der Waals surface area contributed by atoms with Gasteiger partial charge in [-0.3, -0.25) is 14.9 Å². The molecule has 0 aliphatic heterocycles. The third kappa shape index (κ3) is 7.08. The number of aromatic amines is 1. The number of rotatable bonds is 9. The zero-order valence-corrected chi connectivity index (χ0v) is 20.7. The standard InChI is InChI=1S/C25H21Cl2N5O2S/c26-18-12-10-16(11-13-18)15-35-25-30-24(31-32-25)29-22(33)14-21(17-6-2-1-3-7-17)28-23(34)19-8-4-5-9-20(19)27/h1-13,21H,14-15H2,(H,28,34)(H2,29,30,31,32,33)/t21-/m0/s1. The van der Waals surface area contributed by atoms with Crippen LogP contribution in [0.15, 0.2) is 84.0 Å². The van der Waals surface area contributed by atoms with Crippen LogP contribution in [0.2, 0.25) is 10.0 Å². The molecule has 35 heavy (non-hydrogen) atoms. The summed E-state index contributed by atoms with van der Waals surface area (Å²) in [5, 5.41) is 14.0. The number of aromatic nitrogens is 3. The average Bonchev–Trinajstić information content (AvgIpc) is 3.31. The molecule has 0 fully saturated rings. The summed E-state index contributed by atoms with van der Waals surface area (Å²) in [5.41, 5.74) is 2.21. The molecule has 2 amide bonds. The molecule has 4 rings (SSSR count). The van der Waals surface area contributed by atoms with Crippen molar-refractivity contribution in [3.63, 3.8) is 0 Å². The first-order valence-corrected chi connectivity index (χ1v) is 12.4. The summed E-state index contributed by atoms with van der Waals surface area (Å²) in [6, 6.07) is 23.0. The minimum absolute atomic E-state index is 0.00580. The molecule has 7 nitrogen and oxygen atoms in total. The fourth-order valence-corrected chi connectivity index (χ4v) is 4.38. The first kappa shape index (κ1) is 24.8. The van der Waals surface area contributed by atoms with Crippen molar-refractivity contribution in [1.82, 2.24) is 20.5 Å². The summed E-state index contributed by atoms with van der Waals surface area (Å²) in [6.07, 6.45) is -0.00580. The molecule has 0 radical (unpaired) electrons. The van der Waals surface area contributed by atoms with Crippen molar-refractivity contribution in [1.29, 1.82) is 0 Å². The number of nitrogens with zero attached hydrogens (tertiary/aromatic N) is 2. The highest BCUT2D eigenvalue weighted by molar-refractivity contribution is 7.98. The number of halogens is 2. The molecule has 0 aliphatic carbocycles. The van der Waals surface area contributed by atoms with E-state index >= 15 is 0 Å². The van der Waals surface area contributed by atoms with Gasteiger partial charge >= 0.3 is 0 Å². The van der Waals surface area contributed by atoms with Gasteiger partial charge in [0.15, 0.2) is 0 Å². The quantitative estimate of drug-likeness (QED) is 0.236. The molecule has 3 aromatic carbocycles. The molecule has 0 aliphatic rings. The number of benzene rings is 3. The lowest BCUT2D eigenvalue weighted by Crippen LogP contribution is -2.31. The second kappa shape index (κ2) is 11.9. The Kier molecular flexibility index (Phi) is 8.41. The summed E-state index contributed by atoms with van der Waals surface area (Å²) >= 11 is 13.5. The van der Waals surface area contributed by atoms with Crippen LogP contribution in [0.1, 0.15) is 33.9 Å². The number of hydrogen-bond donors (Lipinski definition) is 3. The molecule has 4 aromatic rings. The fourth-order valence-electron chi connectivity index (χ4n) is 3.28. The van der Waals surface area contributed by atoms with Crippen molar-refractivity contribution >= 4 is 52.7 Å². The van der Waals surface area contributed by atoms with E-state index in [0.717, 1.165) is 11.1 Å². The number of anilines is 1. The van der Waals surface area contributed by atoms with Gasteiger partial charge < -0.3 is 5.32 Å². The van der Waals surface area contributed by atoms with Crippen LogP contribution in [0.25, 0.3) is 0 Å². The van der Waals surface area contributed by atoms with Crippen molar-refractivity contribution < 1.29 is 9.59 Å². The SMILES string of the molecule is O=C(C[C@H](NC(=O)c1ccccc1Cl)c1ccccc1)Nc1nc(SCc2ccc(Cl)cc2)n[nH]1. The van der Waals surface area contributed by atoms with Crippen molar-refractivity contribution in [2.75, 3.05) is 5.32 Å². The van der Waals surface area contributed by atoms with Gasteiger partial charge in [0.1, 0.15) is 0 Å². The minimum Gasteiger partial charge on any atom is -0.345 e. The topological polar surface area (TPSA) is 99.8 Å². The second-order valence-electron chi connectivity index (χ2n) is 7.55. The van der Waals surface area contributed by atoms with E-state index in [1.165, 1.54) is 11.8 Å². The lowest BCUT2D eigenvalue weighted by atomic mass is 10.0. The van der Waals surface area contributed by atoms with Crippen molar-refractivity contribution in [2.45, 2.75) is 23.4 Å². The van der Waals surface area contributed by atoms with Crippen molar-refractivity contribution in [3.8, 4) is 0 Å². The molecule has 0 saturated carbocycles. The smallest absolute Gasteiger partial charge is 0.253 e. The predicted molar refractivity (Wildman–Crippen MR) is 139 cm³/mol. The Hall–Kier alpha value is -3.33. The molecule has 1 aromatic heterocycles. The third-order valence-electron chi connectivity index (χ3n) is 5.02. The normalized spacial score (nSPS) is 11.6. The van der Waals surface area contributed by atoms with Gasteiger partial charge in [0.25, 0.3) is 5.91 Å². The summed E-state index contributed by atoms with van der Waals surface area (Å²) in [4.78, 5) is 30.0. The van der Waals surface area contributed by atoms with E-state index in [1.54, 1.807) is 24.3 Å². The zero-order valence-electron chi connectivity index (χ0n) is 18.4. The van der Waals surface area contributed by atoms with Crippen molar-refractivity contribution in [3.05, 3.63) is 106 Å². The molecule has 0 unspecified atom stereocenters. The van der Waals surface area contributed by atoms with E-state index in [-0.39, 0.29) is 24.2 Å². The van der Waals surface area contributed by atoms with Gasteiger partial charge in [-0.05, 0) is 35.4 Å². The molecule has 0 saturated heterocycles. The fraction of sp³-hybridized carbons (Fsp3) is 0.120. The van der Waals surface area contributed by atoms with Crippen LogP contribution in [0, 0.1) is 0 Å². The highest BCUT2D eigenvalue weighted by Gasteiger charge is 2.21. The number of H-pyrrole nitrogens is 1. The van der Waals surface area contributed by atoms with Gasteiger partial charge in [-0.1, -0.05) is 89.6 Å². The van der Waals surface area contributed by atoms with Gasteiger partial charge in [-0.15, -0.1) is 5.10 Å². The molecule has 1 heterocycles. The molecule has 3 N–H and O–H groups in total. The van der Waals surface area contributed by atoms with Crippen molar-refractivity contribution in [2.24, 2.45) is 0 Å². The maximum absolute atomic E-state index is 12.8. The van der Waals surface area contributed by atoms with E-state index in [4.69, 9.17) is 23.2 Å². The Morgan fingerprint density at radius 3 is 2.40 bits per heavy atom. The average molecular weight is 526 g/mol. The maximum atomic E-state index is 12.8. The molecule has 0 bridgehead atoms. The van der Waals surface area contributed by atoms with Crippen LogP contribution in [0.4, 0.5) is 5.95 Å². The summed E-state index contributed by atoms with van der Waals surface area (Å²) in [6.45, 7) is 0.